The lowest BCUT2D eigenvalue weighted by Crippen LogP contribution is -2.72. The van der Waals surface area contributed by atoms with Crippen LogP contribution in [0.3, 0.4) is 0 Å². The van der Waals surface area contributed by atoms with Gasteiger partial charge in [0.2, 0.25) is 5.95 Å². The van der Waals surface area contributed by atoms with Gasteiger partial charge in [-0.3, -0.25) is 9.58 Å². The van der Waals surface area contributed by atoms with E-state index < -0.39 is 0 Å². The van der Waals surface area contributed by atoms with E-state index in [1.165, 1.54) is 0 Å². The first-order valence-corrected chi connectivity index (χ1v) is 10.2. The standard InChI is InChI=1S/C20H29N9/c1-4-27-7-9-29(10-8-27)20(5-6-21)14-28(15-20)18-16(2)11-22-19(25-18)24-17-12-23-26(3)13-17/h11-13H,4-5,7-10,14-15H2,1-3H3,(H,22,24,25). The molecule has 9 nitrogen and oxygen atoms in total. The number of hydrogen-bond donors (Lipinski definition) is 1. The van der Waals surface area contributed by atoms with Gasteiger partial charge in [0.25, 0.3) is 0 Å². The molecule has 2 aliphatic heterocycles. The Morgan fingerprint density at radius 2 is 1.97 bits per heavy atom. The smallest absolute Gasteiger partial charge is 0.229 e. The van der Waals surface area contributed by atoms with Crippen molar-refractivity contribution in [2.45, 2.75) is 25.8 Å². The molecule has 2 saturated heterocycles. The maximum atomic E-state index is 9.47. The van der Waals surface area contributed by atoms with E-state index in [0.29, 0.717) is 12.4 Å². The summed E-state index contributed by atoms with van der Waals surface area (Å²) in [6.45, 7) is 11.2. The highest BCUT2D eigenvalue weighted by Gasteiger charge is 2.48. The van der Waals surface area contributed by atoms with Crippen molar-refractivity contribution >= 4 is 17.5 Å². The van der Waals surface area contributed by atoms with Gasteiger partial charge < -0.3 is 15.1 Å². The van der Waals surface area contributed by atoms with Crippen LogP contribution in [0.25, 0.3) is 0 Å². The number of aromatic nitrogens is 4. The zero-order valence-corrected chi connectivity index (χ0v) is 17.5. The number of piperazine rings is 1. The van der Waals surface area contributed by atoms with Crippen LogP contribution in [-0.4, -0.2) is 80.9 Å². The molecular formula is C20H29N9. The molecule has 2 aliphatic rings. The van der Waals surface area contributed by atoms with E-state index in [2.05, 4.69) is 43.1 Å². The SMILES string of the molecule is CCN1CCN(C2(CC#N)CN(c3nc(Nc4cnn(C)c4)ncc3C)C2)CC1. The molecule has 0 aromatic carbocycles. The number of nitriles is 1. The minimum absolute atomic E-state index is 0.0666. The number of nitrogens with zero attached hydrogens (tertiary/aromatic N) is 8. The number of nitrogens with one attached hydrogen (secondary N) is 1. The van der Waals surface area contributed by atoms with Crippen LogP contribution in [0.5, 0.6) is 0 Å². The van der Waals surface area contributed by atoms with Gasteiger partial charge in [0.15, 0.2) is 0 Å². The molecule has 0 atom stereocenters. The molecule has 4 rings (SSSR count). The van der Waals surface area contributed by atoms with Crippen LogP contribution in [0.4, 0.5) is 17.5 Å². The van der Waals surface area contributed by atoms with Crippen molar-refractivity contribution in [3.05, 3.63) is 24.2 Å². The van der Waals surface area contributed by atoms with Crippen molar-refractivity contribution in [2.24, 2.45) is 7.05 Å². The Kier molecular flexibility index (Phi) is 5.39. The van der Waals surface area contributed by atoms with Crippen LogP contribution >= 0.6 is 0 Å². The van der Waals surface area contributed by atoms with Gasteiger partial charge in [-0.25, -0.2) is 4.98 Å². The summed E-state index contributed by atoms with van der Waals surface area (Å²) in [5, 5.41) is 16.9. The Bertz CT molecular complexity index is 886. The van der Waals surface area contributed by atoms with Gasteiger partial charge in [-0.1, -0.05) is 6.92 Å². The van der Waals surface area contributed by atoms with Crippen molar-refractivity contribution < 1.29 is 0 Å². The van der Waals surface area contributed by atoms with E-state index in [1.807, 2.05) is 26.4 Å². The van der Waals surface area contributed by atoms with Gasteiger partial charge in [-0.05, 0) is 13.5 Å². The highest BCUT2D eigenvalue weighted by molar-refractivity contribution is 5.57. The molecule has 0 unspecified atom stereocenters. The van der Waals surface area contributed by atoms with Crippen LogP contribution in [0.15, 0.2) is 18.6 Å². The second-order valence-corrected chi connectivity index (χ2v) is 8.06. The van der Waals surface area contributed by atoms with Gasteiger partial charge in [-0.2, -0.15) is 15.3 Å². The van der Waals surface area contributed by atoms with Crippen molar-refractivity contribution in [3.63, 3.8) is 0 Å². The average Bonchev–Trinajstić information content (AvgIpc) is 3.11. The fourth-order valence-corrected chi connectivity index (χ4v) is 4.35. The molecule has 29 heavy (non-hydrogen) atoms. The summed E-state index contributed by atoms with van der Waals surface area (Å²) >= 11 is 0. The molecule has 0 saturated carbocycles. The summed E-state index contributed by atoms with van der Waals surface area (Å²) in [4.78, 5) is 16.4. The molecule has 154 valence electrons. The number of aryl methyl sites for hydroxylation is 2. The third-order valence-corrected chi connectivity index (χ3v) is 6.07. The summed E-state index contributed by atoms with van der Waals surface area (Å²) < 4.78 is 1.74. The number of likely N-dealkylation sites (N-methyl/N-ethyl adjacent to an activating group) is 1. The molecule has 2 fully saturated rings. The lowest BCUT2D eigenvalue weighted by molar-refractivity contribution is 0.0165. The van der Waals surface area contributed by atoms with Crippen LogP contribution in [-0.2, 0) is 7.05 Å². The molecule has 0 amide bonds. The number of rotatable bonds is 6. The first kappa shape index (κ1) is 19.6. The van der Waals surface area contributed by atoms with E-state index in [-0.39, 0.29) is 5.54 Å². The normalized spacial score (nSPS) is 19.6. The first-order valence-electron chi connectivity index (χ1n) is 10.2. The van der Waals surface area contributed by atoms with Crippen molar-refractivity contribution in [3.8, 4) is 6.07 Å². The molecule has 0 radical (unpaired) electrons. The highest BCUT2D eigenvalue weighted by atomic mass is 15.4. The molecule has 2 aromatic heterocycles. The highest BCUT2D eigenvalue weighted by Crippen LogP contribution is 2.36. The van der Waals surface area contributed by atoms with Crippen molar-refractivity contribution in [1.29, 1.82) is 5.26 Å². The van der Waals surface area contributed by atoms with Crippen LogP contribution in [0.2, 0.25) is 0 Å². The molecule has 2 aromatic rings. The Morgan fingerprint density at radius 3 is 2.59 bits per heavy atom. The predicted octanol–water partition coefficient (Wildman–Crippen LogP) is 1.37. The van der Waals surface area contributed by atoms with Gasteiger partial charge >= 0.3 is 0 Å². The summed E-state index contributed by atoms with van der Waals surface area (Å²) in [7, 11) is 1.88. The zero-order chi connectivity index (χ0) is 20.4. The molecule has 1 N–H and O–H groups in total. The second kappa shape index (κ2) is 7.97. The minimum Gasteiger partial charge on any atom is -0.352 e. The summed E-state index contributed by atoms with van der Waals surface area (Å²) in [6.07, 6.45) is 6.05. The largest absolute Gasteiger partial charge is 0.352 e. The van der Waals surface area contributed by atoms with E-state index in [1.54, 1.807) is 10.9 Å². The molecular weight excluding hydrogens is 366 g/mol. The van der Waals surface area contributed by atoms with E-state index in [4.69, 9.17) is 4.98 Å². The fraction of sp³-hybridized carbons (Fsp3) is 0.600. The summed E-state index contributed by atoms with van der Waals surface area (Å²) in [5.74, 6) is 1.50. The molecule has 0 bridgehead atoms. The Balaban J connectivity index is 1.47. The monoisotopic (exact) mass is 395 g/mol. The third kappa shape index (κ3) is 3.91. The average molecular weight is 396 g/mol. The Morgan fingerprint density at radius 1 is 1.21 bits per heavy atom. The van der Waals surface area contributed by atoms with E-state index >= 15 is 0 Å². The maximum absolute atomic E-state index is 9.47. The Labute approximate surface area is 171 Å². The van der Waals surface area contributed by atoms with Gasteiger partial charge in [0.05, 0.1) is 29.9 Å². The predicted molar refractivity (Wildman–Crippen MR) is 112 cm³/mol. The van der Waals surface area contributed by atoms with Gasteiger partial charge in [-0.15, -0.1) is 0 Å². The molecule has 0 spiro atoms. The third-order valence-electron chi connectivity index (χ3n) is 6.07. The van der Waals surface area contributed by atoms with E-state index in [9.17, 15) is 5.26 Å². The zero-order valence-electron chi connectivity index (χ0n) is 17.5. The van der Waals surface area contributed by atoms with Crippen LogP contribution in [0.1, 0.15) is 18.9 Å². The van der Waals surface area contributed by atoms with Crippen LogP contribution < -0.4 is 10.2 Å². The van der Waals surface area contributed by atoms with Crippen molar-refractivity contribution in [1.82, 2.24) is 29.5 Å². The van der Waals surface area contributed by atoms with Gasteiger partial charge in [0.1, 0.15) is 5.82 Å². The molecule has 4 heterocycles. The topological polar surface area (TPSA) is 89.1 Å². The minimum atomic E-state index is -0.0666. The number of hydrogen-bond acceptors (Lipinski definition) is 8. The van der Waals surface area contributed by atoms with Crippen LogP contribution in [0, 0.1) is 18.3 Å². The lowest BCUT2D eigenvalue weighted by Gasteiger charge is -2.57. The summed E-state index contributed by atoms with van der Waals surface area (Å²) in [5.41, 5.74) is 1.84. The second-order valence-electron chi connectivity index (χ2n) is 8.06. The fourth-order valence-electron chi connectivity index (χ4n) is 4.35. The lowest BCUT2D eigenvalue weighted by atomic mass is 9.83. The quantitative estimate of drug-likeness (QED) is 0.785. The van der Waals surface area contributed by atoms with E-state index in [0.717, 1.165) is 62.9 Å². The Hall–Kier alpha value is -2.70. The first-order chi connectivity index (χ1) is 14.0. The van der Waals surface area contributed by atoms with Crippen molar-refractivity contribution in [2.75, 3.05) is 56.0 Å². The number of anilines is 3. The van der Waals surface area contributed by atoms with Gasteiger partial charge in [0, 0.05) is 64.3 Å². The molecule has 9 heteroatoms. The maximum Gasteiger partial charge on any atom is 0.229 e. The summed E-state index contributed by atoms with van der Waals surface area (Å²) in [6, 6.07) is 2.43. The molecule has 0 aliphatic carbocycles.